The SMILES string of the molecule is OO.[Mn+4].[O-2].[O-2]. The molecule has 0 spiro atoms. The van der Waals surface area contributed by atoms with Crippen LogP contribution in [-0.2, 0) is 28.0 Å². The summed E-state index contributed by atoms with van der Waals surface area (Å²) in [5, 5.41) is 12.0. The van der Waals surface area contributed by atoms with E-state index in [9.17, 15) is 0 Å². The molecule has 0 atom stereocenters. The fourth-order valence-corrected chi connectivity index (χ4v) is 0. The molecule has 0 aromatic rings. The molecule has 0 aliphatic heterocycles. The van der Waals surface area contributed by atoms with E-state index in [0.29, 0.717) is 0 Å². The molecule has 0 unspecified atom stereocenters. The summed E-state index contributed by atoms with van der Waals surface area (Å²) in [6.45, 7) is 0. The smallest absolute Gasteiger partial charge is 2.00 e. The van der Waals surface area contributed by atoms with E-state index in [-0.39, 0.29) is 28.0 Å². The summed E-state index contributed by atoms with van der Waals surface area (Å²) >= 11 is 0. The Kier molecular flexibility index (Phi) is 4200. The Labute approximate surface area is 39.4 Å². The van der Waals surface area contributed by atoms with Gasteiger partial charge in [-0.25, -0.2) is 0 Å². The van der Waals surface area contributed by atoms with Crippen molar-refractivity contribution < 1.29 is 38.5 Å². The summed E-state index contributed by atoms with van der Waals surface area (Å²) in [4.78, 5) is 0. The van der Waals surface area contributed by atoms with Crippen LogP contribution < -0.4 is 0 Å². The molecule has 0 rings (SSSR count). The third-order valence-electron chi connectivity index (χ3n) is 0. The van der Waals surface area contributed by atoms with Crippen molar-refractivity contribution in [1.82, 2.24) is 0 Å². The second-order valence-corrected chi connectivity index (χ2v) is 0. The van der Waals surface area contributed by atoms with Gasteiger partial charge in [0.15, 0.2) is 0 Å². The number of hydrogen-bond acceptors (Lipinski definition) is 2. The zero-order valence-corrected chi connectivity index (χ0v) is 3.27. The van der Waals surface area contributed by atoms with E-state index in [1.807, 2.05) is 0 Å². The molecule has 0 amide bonds. The molecule has 0 aromatic carbocycles. The fourth-order valence-electron chi connectivity index (χ4n) is 0. The van der Waals surface area contributed by atoms with Gasteiger partial charge in [-0.3, -0.25) is 10.5 Å². The molecule has 5 heteroatoms. The Bertz CT molecular complexity index is 3.61. The first-order valence-corrected chi connectivity index (χ1v) is 0.200. The van der Waals surface area contributed by atoms with Gasteiger partial charge in [0.2, 0.25) is 0 Å². The summed E-state index contributed by atoms with van der Waals surface area (Å²) in [6, 6.07) is 0. The molecular weight excluding hydrogens is 119 g/mol. The quantitative estimate of drug-likeness (QED) is 0.263. The van der Waals surface area contributed by atoms with Crippen LogP contribution in [0.5, 0.6) is 0 Å². The van der Waals surface area contributed by atoms with Gasteiger partial charge in [-0.05, 0) is 0 Å². The first-order chi connectivity index (χ1) is 1.00. The van der Waals surface area contributed by atoms with Crippen LogP contribution in [0.3, 0.4) is 0 Å². The van der Waals surface area contributed by atoms with Crippen molar-refractivity contribution in [2.75, 3.05) is 0 Å². The van der Waals surface area contributed by atoms with E-state index in [1.54, 1.807) is 0 Å². The average molecular weight is 121 g/mol. The van der Waals surface area contributed by atoms with Crippen LogP contribution in [-0.4, -0.2) is 10.5 Å². The predicted octanol–water partition coefficient (Wildman–Crippen LogP) is -0.223. The van der Waals surface area contributed by atoms with E-state index < -0.39 is 0 Å². The molecule has 0 aliphatic rings. The van der Waals surface area contributed by atoms with E-state index in [0.717, 1.165) is 0 Å². The van der Waals surface area contributed by atoms with Crippen LogP contribution in [0.25, 0.3) is 0 Å². The Hall–Kier alpha value is 0.359. The standard InChI is InChI=1S/Mn.H2O2.2O/c;1-2;;/h;1-2H;;/q+4;;2*-2. The third kappa shape index (κ3) is 188. The second-order valence-electron chi connectivity index (χ2n) is 0. The van der Waals surface area contributed by atoms with Crippen molar-refractivity contribution >= 4 is 0 Å². The van der Waals surface area contributed by atoms with Crippen molar-refractivity contribution in [1.29, 1.82) is 0 Å². The van der Waals surface area contributed by atoms with Gasteiger partial charge in [0, 0.05) is 0 Å². The maximum absolute atomic E-state index is 6.00. The fraction of sp³-hybridized carbons (Fsp3) is 0. The molecule has 0 fully saturated rings. The zero-order valence-electron chi connectivity index (χ0n) is 2.09. The van der Waals surface area contributed by atoms with Gasteiger partial charge in [0.25, 0.3) is 0 Å². The van der Waals surface area contributed by atoms with Crippen molar-refractivity contribution in [2.24, 2.45) is 0 Å². The molecule has 0 heterocycles. The summed E-state index contributed by atoms with van der Waals surface area (Å²) in [5.74, 6) is 0. The Morgan fingerprint density at radius 2 is 0.800 bits per heavy atom. The summed E-state index contributed by atoms with van der Waals surface area (Å²) < 4.78 is 0. The third-order valence-corrected chi connectivity index (χ3v) is 0. The minimum absolute atomic E-state index is 0. The summed E-state index contributed by atoms with van der Waals surface area (Å²) in [7, 11) is 0. The molecule has 1 radical (unpaired) electrons. The topological polar surface area (TPSA) is 97.5 Å². The number of rotatable bonds is 0. The molecule has 0 saturated carbocycles. The minimum atomic E-state index is 0. The van der Waals surface area contributed by atoms with Crippen LogP contribution in [0.1, 0.15) is 0 Å². The second kappa shape index (κ2) is 381. The molecule has 2 N–H and O–H groups in total. The first kappa shape index (κ1) is 55.1. The average Bonchev–Trinajstić information content (AvgIpc) is 1.00. The van der Waals surface area contributed by atoms with E-state index >= 15 is 0 Å². The molecule has 0 aromatic heterocycles. The van der Waals surface area contributed by atoms with Crippen LogP contribution in [0.2, 0.25) is 0 Å². The van der Waals surface area contributed by atoms with Crippen LogP contribution >= 0.6 is 0 Å². The molecule has 5 heavy (non-hydrogen) atoms. The van der Waals surface area contributed by atoms with Gasteiger partial charge in [-0.2, -0.15) is 0 Å². The maximum Gasteiger partial charge on any atom is 4.00 e. The maximum atomic E-state index is 6.00. The van der Waals surface area contributed by atoms with Crippen molar-refractivity contribution in [3.8, 4) is 0 Å². The number of hydrogen-bond donors (Lipinski definition) is 2. The largest absolute Gasteiger partial charge is 4.00 e. The Morgan fingerprint density at radius 1 is 0.800 bits per heavy atom. The summed E-state index contributed by atoms with van der Waals surface area (Å²) in [5.41, 5.74) is 0. The predicted molar refractivity (Wildman–Crippen MR) is 6.63 cm³/mol. The van der Waals surface area contributed by atoms with Gasteiger partial charge >= 0.3 is 17.1 Å². The monoisotopic (exact) mass is 121 g/mol. The molecular formula is H2MnO4. The molecule has 0 aliphatic carbocycles. The molecule has 4 nitrogen and oxygen atoms in total. The normalized spacial score (nSPS) is 1.20. The molecule has 0 bridgehead atoms. The Balaban J connectivity index is -0.00000000167. The van der Waals surface area contributed by atoms with Crippen LogP contribution in [0.15, 0.2) is 0 Å². The van der Waals surface area contributed by atoms with Crippen molar-refractivity contribution in [3.05, 3.63) is 0 Å². The first-order valence-electron chi connectivity index (χ1n) is 0.200. The zero-order chi connectivity index (χ0) is 2.00. The molecule has 33 valence electrons. The van der Waals surface area contributed by atoms with Crippen molar-refractivity contribution in [2.45, 2.75) is 0 Å². The van der Waals surface area contributed by atoms with Crippen LogP contribution in [0.4, 0.5) is 0 Å². The van der Waals surface area contributed by atoms with E-state index in [2.05, 4.69) is 0 Å². The van der Waals surface area contributed by atoms with E-state index in [1.165, 1.54) is 0 Å². The van der Waals surface area contributed by atoms with Gasteiger partial charge in [0.05, 0.1) is 0 Å². The Morgan fingerprint density at radius 3 is 0.800 bits per heavy atom. The van der Waals surface area contributed by atoms with Crippen LogP contribution in [0, 0.1) is 0 Å². The van der Waals surface area contributed by atoms with Crippen molar-refractivity contribution in [3.63, 3.8) is 0 Å². The van der Waals surface area contributed by atoms with Gasteiger partial charge in [-0.15, -0.1) is 0 Å². The molecule has 0 saturated heterocycles. The van der Waals surface area contributed by atoms with Gasteiger partial charge < -0.3 is 11.0 Å². The van der Waals surface area contributed by atoms with Gasteiger partial charge in [0.1, 0.15) is 0 Å². The summed E-state index contributed by atoms with van der Waals surface area (Å²) in [6.07, 6.45) is 0. The van der Waals surface area contributed by atoms with Gasteiger partial charge in [-0.1, -0.05) is 0 Å². The minimum Gasteiger partial charge on any atom is -2.00 e. The van der Waals surface area contributed by atoms with E-state index in [4.69, 9.17) is 10.5 Å².